The van der Waals surface area contributed by atoms with Crippen molar-refractivity contribution in [2.24, 2.45) is 11.8 Å². The third-order valence-electron chi connectivity index (χ3n) is 6.68. The van der Waals surface area contributed by atoms with Crippen LogP contribution in [0.5, 0.6) is 16.6 Å². The van der Waals surface area contributed by atoms with E-state index in [0.717, 1.165) is 29.0 Å². The molecule has 2 aliphatic heterocycles. The first-order valence-corrected chi connectivity index (χ1v) is 13.1. The van der Waals surface area contributed by atoms with Crippen molar-refractivity contribution in [1.82, 2.24) is 10.2 Å². The average molecular weight is 497 g/mol. The maximum absolute atomic E-state index is 13.6. The summed E-state index contributed by atoms with van der Waals surface area (Å²) in [7, 11) is 0. The van der Waals surface area contributed by atoms with Crippen LogP contribution in [0.2, 0.25) is 0 Å². The van der Waals surface area contributed by atoms with Crippen molar-refractivity contribution in [3.63, 3.8) is 0 Å². The number of likely N-dealkylation sites (tertiary alicyclic amines) is 1. The standard InChI is InChI=1S/C25H24N2O5S2/c1-14-2-4-15(5-3-14)22-17(6-9-33-22)23(28)27-12-16-10-18(16)19(27)11-26-25(29)32-24-21-20(13-34-24)30-7-8-31-21/h2-6,9,13,16,18-19H,7-8,10-12H2,1H3,(H,26,29)/t16-,18-,19+/m0/s1. The Morgan fingerprint density at radius 3 is 2.82 bits per heavy atom. The van der Waals surface area contributed by atoms with Crippen LogP contribution in [0.3, 0.4) is 0 Å². The first-order chi connectivity index (χ1) is 16.6. The first-order valence-electron chi connectivity index (χ1n) is 11.4. The third-order valence-corrected chi connectivity index (χ3v) is 8.46. The van der Waals surface area contributed by atoms with Crippen molar-refractivity contribution in [1.29, 1.82) is 0 Å². The van der Waals surface area contributed by atoms with E-state index in [-0.39, 0.29) is 11.9 Å². The lowest BCUT2D eigenvalue weighted by atomic mass is 10.1. The second-order valence-corrected chi connectivity index (χ2v) is 10.7. The van der Waals surface area contributed by atoms with E-state index in [1.165, 1.54) is 16.9 Å². The van der Waals surface area contributed by atoms with Crippen molar-refractivity contribution < 1.29 is 23.8 Å². The van der Waals surface area contributed by atoms with E-state index in [0.29, 0.717) is 48.2 Å². The Balaban J connectivity index is 1.13. The predicted octanol–water partition coefficient (Wildman–Crippen LogP) is 4.81. The minimum atomic E-state index is -0.550. The fraction of sp³-hybridized carbons (Fsp3) is 0.360. The molecule has 6 rings (SSSR count). The number of hydrogen-bond donors (Lipinski definition) is 1. The first kappa shape index (κ1) is 21.5. The SMILES string of the molecule is Cc1ccc(-c2sccc2C(=O)N2C[C@@H]3C[C@@H]3[C@H]2CNC(=O)Oc2scc3c2OCCO3)cc1. The van der Waals surface area contributed by atoms with Gasteiger partial charge in [-0.3, -0.25) is 4.79 Å². The van der Waals surface area contributed by atoms with Crippen LogP contribution in [-0.4, -0.2) is 49.2 Å². The Kier molecular flexibility index (Phi) is 5.45. The minimum Gasteiger partial charge on any atom is -0.485 e. The fourth-order valence-corrected chi connectivity index (χ4v) is 6.52. The van der Waals surface area contributed by atoms with E-state index in [2.05, 4.69) is 36.5 Å². The van der Waals surface area contributed by atoms with Crippen molar-refractivity contribution in [3.05, 3.63) is 52.2 Å². The lowest BCUT2D eigenvalue weighted by Crippen LogP contribution is -2.46. The minimum absolute atomic E-state index is 0.0297. The molecule has 0 spiro atoms. The fourth-order valence-electron chi connectivity index (χ4n) is 4.85. The Morgan fingerprint density at radius 1 is 1.15 bits per heavy atom. The summed E-state index contributed by atoms with van der Waals surface area (Å²) in [5, 5.41) is 7.00. The van der Waals surface area contributed by atoms with Crippen LogP contribution in [0, 0.1) is 18.8 Å². The smallest absolute Gasteiger partial charge is 0.413 e. The molecule has 2 aromatic heterocycles. The molecule has 176 valence electrons. The summed E-state index contributed by atoms with van der Waals surface area (Å²) >= 11 is 2.85. The van der Waals surface area contributed by atoms with Gasteiger partial charge in [0.1, 0.15) is 13.2 Å². The van der Waals surface area contributed by atoms with Gasteiger partial charge in [0.15, 0.2) is 5.75 Å². The van der Waals surface area contributed by atoms with Gasteiger partial charge in [-0.25, -0.2) is 4.79 Å². The molecule has 3 aliphatic rings. The zero-order valence-electron chi connectivity index (χ0n) is 18.6. The van der Waals surface area contributed by atoms with Gasteiger partial charge in [-0.2, -0.15) is 0 Å². The number of thiophene rings is 2. The van der Waals surface area contributed by atoms with Crippen LogP contribution < -0.4 is 19.5 Å². The number of nitrogens with zero attached hydrogens (tertiary/aromatic N) is 1. The van der Waals surface area contributed by atoms with E-state index in [1.807, 2.05) is 16.3 Å². The van der Waals surface area contributed by atoms with Crippen molar-refractivity contribution >= 4 is 34.7 Å². The van der Waals surface area contributed by atoms with Crippen molar-refractivity contribution in [2.75, 3.05) is 26.3 Å². The number of rotatable bonds is 5. The number of benzene rings is 1. The van der Waals surface area contributed by atoms with Gasteiger partial charge in [0.25, 0.3) is 5.91 Å². The van der Waals surface area contributed by atoms with Crippen LogP contribution in [-0.2, 0) is 0 Å². The topological polar surface area (TPSA) is 77.1 Å². The van der Waals surface area contributed by atoms with Crippen molar-refractivity contribution in [3.8, 4) is 27.0 Å². The quantitative estimate of drug-likeness (QED) is 0.549. The average Bonchev–Trinajstić information content (AvgIpc) is 3.18. The maximum Gasteiger partial charge on any atom is 0.413 e. The molecule has 1 saturated carbocycles. The maximum atomic E-state index is 13.6. The Morgan fingerprint density at radius 2 is 1.97 bits per heavy atom. The van der Waals surface area contributed by atoms with Gasteiger partial charge in [0.05, 0.1) is 11.6 Å². The molecule has 1 aliphatic carbocycles. The van der Waals surface area contributed by atoms with Gasteiger partial charge in [0.2, 0.25) is 10.8 Å². The highest BCUT2D eigenvalue weighted by Crippen LogP contribution is 2.50. The molecule has 1 N–H and O–H groups in total. The van der Waals surface area contributed by atoms with Crippen LogP contribution in [0.25, 0.3) is 10.4 Å². The number of hydrogen-bond acceptors (Lipinski definition) is 7. The number of ether oxygens (including phenoxy) is 3. The number of carbonyl (C=O) groups excluding carboxylic acids is 2. The largest absolute Gasteiger partial charge is 0.485 e. The second kappa shape index (κ2) is 8.63. The zero-order valence-corrected chi connectivity index (χ0v) is 20.2. The highest BCUT2D eigenvalue weighted by atomic mass is 32.1. The molecule has 2 fully saturated rings. The summed E-state index contributed by atoms with van der Waals surface area (Å²) in [5.74, 6) is 2.06. The summed E-state index contributed by atoms with van der Waals surface area (Å²) in [6.45, 7) is 4.06. The Labute approximate surface area is 205 Å². The van der Waals surface area contributed by atoms with E-state index >= 15 is 0 Å². The molecule has 0 bridgehead atoms. The van der Waals surface area contributed by atoms with E-state index in [1.54, 1.807) is 16.7 Å². The molecule has 1 aromatic carbocycles. The van der Waals surface area contributed by atoms with Crippen LogP contribution in [0.4, 0.5) is 4.79 Å². The number of aryl methyl sites for hydroxylation is 1. The summed E-state index contributed by atoms with van der Waals surface area (Å²) in [6, 6.07) is 10.1. The number of piperidine rings is 1. The van der Waals surface area contributed by atoms with Crippen LogP contribution in [0.1, 0.15) is 22.3 Å². The molecule has 0 radical (unpaired) electrons. The molecule has 3 atom stereocenters. The van der Waals surface area contributed by atoms with Gasteiger partial charge in [-0.15, -0.1) is 11.3 Å². The molecule has 9 heteroatoms. The molecule has 34 heavy (non-hydrogen) atoms. The van der Waals surface area contributed by atoms with E-state index in [9.17, 15) is 9.59 Å². The third kappa shape index (κ3) is 3.92. The number of nitrogens with one attached hydrogen (secondary N) is 1. The number of amides is 2. The molecule has 0 unspecified atom stereocenters. The van der Waals surface area contributed by atoms with E-state index < -0.39 is 6.09 Å². The summed E-state index contributed by atoms with van der Waals surface area (Å²) in [6.07, 6.45) is 0.551. The molecular weight excluding hydrogens is 472 g/mol. The number of carbonyl (C=O) groups is 2. The number of fused-ring (bicyclic) bond motifs is 2. The molecular formula is C25H24N2O5S2. The second-order valence-electron chi connectivity index (χ2n) is 8.90. The molecule has 3 aromatic rings. The lowest BCUT2D eigenvalue weighted by Gasteiger charge is -2.28. The predicted molar refractivity (Wildman–Crippen MR) is 130 cm³/mol. The van der Waals surface area contributed by atoms with Gasteiger partial charge >= 0.3 is 6.09 Å². The highest BCUT2D eigenvalue weighted by Gasteiger charge is 2.54. The van der Waals surface area contributed by atoms with Gasteiger partial charge in [0, 0.05) is 23.3 Å². The Bertz CT molecular complexity index is 1230. The van der Waals surface area contributed by atoms with Gasteiger partial charge in [-0.05, 0) is 42.2 Å². The zero-order chi connectivity index (χ0) is 23.2. The summed E-state index contributed by atoms with van der Waals surface area (Å²) in [5.41, 5.74) is 2.97. The lowest BCUT2D eigenvalue weighted by molar-refractivity contribution is 0.0705. The summed E-state index contributed by atoms with van der Waals surface area (Å²) in [4.78, 5) is 29.0. The molecule has 2 amide bonds. The van der Waals surface area contributed by atoms with Gasteiger partial charge in [-0.1, -0.05) is 41.2 Å². The Hall–Kier alpha value is -3.04. The molecule has 7 nitrogen and oxygen atoms in total. The monoisotopic (exact) mass is 496 g/mol. The van der Waals surface area contributed by atoms with E-state index in [4.69, 9.17) is 14.2 Å². The normalized spacial score (nSPS) is 22.3. The molecule has 4 heterocycles. The van der Waals surface area contributed by atoms with Crippen molar-refractivity contribution in [2.45, 2.75) is 19.4 Å². The van der Waals surface area contributed by atoms with Gasteiger partial charge < -0.3 is 24.4 Å². The highest BCUT2D eigenvalue weighted by molar-refractivity contribution is 7.14. The van der Waals surface area contributed by atoms with Crippen LogP contribution in [0.15, 0.2) is 41.1 Å². The molecule has 1 saturated heterocycles. The summed E-state index contributed by atoms with van der Waals surface area (Å²) < 4.78 is 16.5. The van der Waals surface area contributed by atoms with Crippen LogP contribution >= 0.6 is 22.7 Å².